The lowest BCUT2D eigenvalue weighted by atomic mass is 9.99. The minimum atomic E-state index is -1.08. The number of fused-ring (bicyclic) bond motifs is 1. The van der Waals surface area contributed by atoms with Gasteiger partial charge in [0, 0.05) is 5.56 Å². The van der Waals surface area contributed by atoms with Crippen LogP contribution in [-0.2, 0) is 9.59 Å². The van der Waals surface area contributed by atoms with E-state index in [1.807, 2.05) is 13.8 Å². The van der Waals surface area contributed by atoms with Gasteiger partial charge in [-0.3, -0.25) is 4.79 Å². The molecule has 1 heterocycles. The molecule has 2 aromatic rings. The molecule has 0 radical (unpaired) electrons. The molecule has 0 fully saturated rings. The number of rotatable bonds is 7. The molecule has 7 heteroatoms. The van der Waals surface area contributed by atoms with Crippen LogP contribution in [0.15, 0.2) is 21.3 Å². The molecular weight excluding hydrogens is 350 g/mol. The van der Waals surface area contributed by atoms with Crippen molar-refractivity contribution < 1.29 is 23.8 Å². The second-order valence-electron chi connectivity index (χ2n) is 6.83. The van der Waals surface area contributed by atoms with Crippen LogP contribution in [0.5, 0.6) is 5.75 Å². The van der Waals surface area contributed by atoms with Crippen molar-refractivity contribution in [2.45, 2.75) is 47.1 Å². The molecular formula is C20H25NO6. The molecule has 0 aliphatic rings. The summed E-state index contributed by atoms with van der Waals surface area (Å²) in [6, 6.07) is 2.52. The molecule has 2 N–H and O–H groups in total. The van der Waals surface area contributed by atoms with Gasteiger partial charge in [0.15, 0.2) is 6.61 Å². The lowest BCUT2D eigenvalue weighted by Gasteiger charge is -2.20. The number of carboxylic acids is 1. The van der Waals surface area contributed by atoms with Gasteiger partial charge < -0.3 is 19.6 Å². The summed E-state index contributed by atoms with van der Waals surface area (Å²) in [6.45, 7) is 8.57. The molecule has 2 rings (SSSR count). The lowest BCUT2D eigenvalue weighted by molar-refractivity contribution is -0.143. The van der Waals surface area contributed by atoms with E-state index in [2.05, 4.69) is 5.32 Å². The first-order valence-electron chi connectivity index (χ1n) is 8.85. The molecule has 0 saturated carbocycles. The van der Waals surface area contributed by atoms with Gasteiger partial charge in [-0.25, -0.2) is 9.59 Å². The summed E-state index contributed by atoms with van der Waals surface area (Å²) < 4.78 is 11.0. The fourth-order valence-corrected chi connectivity index (χ4v) is 2.84. The predicted octanol–water partition coefficient (Wildman–Crippen LogP) is 2.71. The Balaban J connectivity index is 2.26. The smallest absolute Gasteiger partial charge is 0.339 e. The zero-order valence-corrected chi connectivity index (χ0v) is 16.2. The standard InChI is InChI=1S/C20H25NO6/c1-6-11(3)18(19(23)24)21-16(22)9-26-14-7-10(2)8-15-17(14)12(4)13(5)20(25)27-15/h7-8,11,18H,6,9H2,1-5H3,(H,21,22)(H,23,24)/t11?,18-/m1/s1. The highest BCUT2D eigenvalue weighted by Gasteiger charge is 2.25. The molecule has 0 bridgehead atoms. The van der Waals surface area contributed by atoms with Crippen LogP contribution in [0.25, 0.3) is 11.0 Å². The topological polar surface area (TPSA) is 106 Å². The number of nitrogens with one attached hydrogen (secondary N) is 1. The van der Waals surface area contributed by atoms with Crippen LogP contribution in [0, 0.1) is 26.7 Å². The van der Waals surface area contributed by atoms with Crippen molar-refractivity contribution in [2.75, 3.05) is 6.61 Å². The van der Waals surface area contributed by atoms with Crippen LogP contribution in [0.2, 0.25) is 0 Å². The Morgan fingerprint density at radius 1 is 1.22 bits per heavy atom. The maximum atomic E-state index is 12.2. The number of benzene rings is 1. The summed E-state index contributed by atoms with van der Waals surface area (Å²) in [6.07, 6.45) is 0.623. The van der Waals surface area contributed by atoms with Gasteiger partial charge in [0.2, 0.25) is 0 Å². The first-order valence-corrected chi connectivity index (χ1v) is 8.85. The number of amides is 1. The Labute approximate surface area is 157 Å². The van der Waals surface area contributed by atoms with E-state index in [9.17, 15) is 19.5 Å². The monoisotopic (exact) mass is 375 g/mol. The normalized spacial score (nSPS) is 13.2. The van der Waals surface area contributed by atoms with Crippen molar-refractivity contribution >= 4 is 22.8 Å². The summed E-state index contributed by atoms with van der Waals surface area (Å²) in [7, 11) is 0. The molecule has 1 unspecified atom stereocenters. The van der Waals surface area contributed by atoms with E-state index in [1.165, 1.54) is 0 Å². The first-order chi connectivity index (χ1) is 12.6. The van der Waals surface area contributed by atoms with E-state index in [0.717, 1.165) is 11.1 Å². The van der Waals surface area contributed by atoms with Crippen LogP contribution in [0.4, 0.5) is 0 Å². The van der Waals surface area contributed by atoms with Gasteiger partial charge in [-0.1, -0.05) is 20.3 Å². The number of hydrogen-bond donors (Lipinski definition) is 2. The molecule has 1 aromatic carbocycles. The van der Waals surface area contributed by atoms with Crippen LogP contribution in [0.3, 0.4) is 0 Å². The SMILES string of the molecule is CCC(C)[C@@H](NC(=O)COc1cc(C)cc2oc(=O)c(C)c(C)c12)C(=O)O. The molecule has 0 saturated heterocycles. The third kappa shape index (κ3) is 4.48. The van der Waals surface area contributed by atoms with Gasteiger partial charge in [0.25, 0.3) is 5.91 Å². The Bertz CT molecular complexity index is 930. The Hall–Kier alpha value is -2.83. The average Bonchev–Trinajstić information content (AvgIpc) is 2.61. The molecule has 0 aliphatic heterocycles. The van der Waals surface area contributed by atoms with Crippen LogP contribution in [-0.4, -0.2) is 29.6 Å². The van der Waals surface area contributed by atoms with E-state index in [0.29, 0.717) is 28.7 Å². The number of aliphatic carboxylic acids is 1. The number of carboxylic acid groups (broad SMARTS) is 1. The van der Waals surface area contributed by atoms with Crippen LogP contribution >= 0.6 is 0 Å². The molecule has 1 aromatic heterocycles. The lowest BCUT2D eigenvalue weighted by Crippen LogP contribution is -2.46. The van der Waals surface area contributed by atoms with Crippen molar-refractivity contribution in [3.63, 3.8) is 0 Å². The summed E-state index contributed by atoms with van der Waals surface area (Å²) in [5, 5.41) is 12.4. The van der Waals surface area contributed by atoms with Gasteiger partial charge >= 0.3 is 11.6 Å². The van der Waals surface area contributed by atoms with Gasteiger partial charge in [-0.15, -0.1) is 0 Å². The van der Waals surface area contributed by atoms with Crippen molar-refractivity contribution in [1.82, 2.24) is 5.32 Å². The average molecular weight is 375 g/mol. The van der Waals surface area contributed by atoms with E-state index < -0.39 is 23.5 Å². The fraction of sp³-hybridized carbons (Fsp3) is 0.450. The Kier molecular flexibility index (Phi) is 6.25. The molecule has 7 nitrogen and oxygen atoms in total. The van der Waals surface area contributed by atoms with Gasteiger partial charge in [0.1, 0.15) is 17.4 Å². The predicted molar refractivity (Wildman–Crippen MR) is 101 cm³/mol. The van der Waals surface area contributed by atoms with Crippen molar-refractivity contribution in [1.29, 1.82) is 0 Å². The number of aryl methyl sites for hydroxylation is 2. The van der Waals surface area contributed by atoms with Crippen molar-refractivity contribution in [3.8, 4) is 5.75 Å². The van der Waals surface area contributed by atoms with Gasteiger partial charge in [0.05, 0.1) is 5.39 Å². The quantitative estimate of drug-likeness (QED) is 0.721. The maximum absolute atomic E-state index is 12.2. The number of carbonyl (C=O) groups is 2. The second kappa shape index (κ2) is 8.24. The summed E-state index contributed by atoms with van der Waals surface area (Å²) in [4.78, 5) is 35.4. The number of ether oxygens (including phenoxy) is 1. The molecule has 146 valence electrons. The van der Waals surface area contributed by atoms with Gasteiger partial charge in [-0.2, -0.15) is 0 Å². The van der Waals surface area contributed by atoms with Crippen molar-refractivity contribution in [3.05, 3.63) is 39.2 Å². The van der Waals surface area contributed by atoms with E-state index in [4.69, 9.17) is 9.15 Å². The Morgan fingerprint density at radius 2 is 1.89 bits per heavy atom. The first kappa shape index (κ1) is 20.5. The summed E-state index contributed by atoms with van der Waals surface area (Å²) >= 11 is 0. The zero-order valence-electron chi connectivity index (χ0n) is 16.2. The third-order valence-corrected chi connectivity index (χ3v) is 4.81. The molecule has 2 atom stereocenters. The van der Waals surface area contributed by atoms with E-state index in [1.54, 1.807) is 32.9 Å². The van der Waals surface area contributed by atoms with E-state index >= 15 is 0 Å². The van der Waals surface area contributed by atoms with Gasteiger partial charge in [-0.05, 0) is 49.9 Å². The molecule has 1 amide bonds. The zero-order chi connectivity index (χ0) is 20.3. The minimum absolute atomic E-state index is 0.203. The molecule has 27 heavy (non-hydrogen) atoms. The van der Waals surface area contributed by atoms with Crippen LogP contribution < -0.4 is 15.7 Å². The van der Waals surface area contributed by atoms with Crippen LogP contribution in [0.1, 0.15) is 37.0 Å². The number of hydrogen-bond acceptors (Lipinski definition) is 5. The highest BCUT2D eigenvalue weighted by Crippen LogP contribution is 2.30. The highest BCUT2D eigenvalue weighted by molar-refractivity contribution is 5.89. The van der Waals surface area contributed by atoms with E-state index in [-0.39, 0.29) is 12.5 Å². The largest absolute Gasteiger partial charge is 0.483 e. The van der Waals surface area contributed by atoms with Crippen molar-refractivity contribution in [2.24, 2.45) is 5.92 Å². The minimum Gasteiger partial charge on any atom is -0.483 e. The number of carbonyl (C=O) groups excluding carboxylic acids is 1. The second-order valence-corrected chi connectivity index (χ2v) is 6.83. The highest BCUT2D eigenvalue weighted by atomic mass is 16.5. The molecule has 0 aliphatic carbocycles. The maximum Gasteiger partial charge on any atom is 0.339 e. The Morgan fingerprint density at radius 3 is 2.48 bits per heavy atom. The fourth-order valence-electron chi connectivity index (χ4n) is 2.84. The molecule has 0 spiro atoms. The third-order valence-electron chi connectivity index (χ3n) is 4.81. The summed E-state index contributed by atoms with van der Waals surface area (Å²) in [5.41, 5.74) is 1.99. The summed E-state index contributed by atoms with van der Waals surface area (Å²) in [5.74, 6) is -1.39.